The minimum Gasteiger partial charge on any atom is -0.366 e. The standard InChI is InChI=1S/C20H18Cl2N8O/c21-12-4-6-14(7-5-12)28-20(31)24-9-8-23-18-16-17(25-11-26-19(16)30-29-18)27-15-3-1-2-13(22)10-15/h1-7,10-11H,8-9H2,(H2,24,28,31)(H3,23,25,26,27,29,30). The Kier molecular flexibility index (Phi) is 6.34. The topological polar surface area (TPSA) is 120 Å². The van der Waals surface area contributed by atoms with Crippen LogP contribution in [0.3, 0.4) is 0 Å². The number of benzene rings is 2. The van der Waals surface area contributed by atoms with Gasteiger partial charge in [-0.15, -0.1) is 0 Å². The predicted molar refractivity (Wildman–Crippen MR) is 123 cm³/mol. The van der Waals surface area contributed by atoms with Crippen LogP contribution in [-0.4, -0.2) is 39.3 Å². The fourth-order valence-electron chi connectivity index (χ4n) is 2.85. The van der Waals surface area contributed by atoms with Crippen LogP contribution in [0.1, 0.15) is 0 Å². The van der Waals surface area contributed by atoms with Crippen LogP contribution in [-0.2, 0) is 0 Å². The molecule has 0 bridgehead atoms. The molecule has 0 saturated heterocycles. The lowest BCUT2D eigenvalue weighted by Crippen LogP contribution is -2.32. The molecule has 2 aromatic heterocycles. The number of nitrogens with zero attached hydrogens (tertiary/aromatic N) is 3. The molecule has 158 valence electrons. The third kappa shape index (κ3) is 5.33. The van der Waals surface area contributed by atoms with Crippen molar-refractivity contribution in [2.75, 3.05) is 29.0 Å². The van der Waals surface area contributed by atoms with Gasteiger partial charge in [0, 0.05) is 34.5 Å². The van der Waals surface area contributed by atoms with E-state index in [1.807, 2.05) is 12.1 Å². The quantitative estimate of drug-likeness (QED) is 0.258. The van der Waals surface area contributed by atoms with E-state index in [1.54, 1.807) is 36.4 Å². The van der Waals surface area contributed by atoms with Crippen molar-refractivity contribution in [1.82, 2.24) is 25.5 Å². The van der Waals surface area contributed by atoms with E-state index in [4.69, 9.17) is 23.2 Å². The fraction of sp³-hybridized carbons (Fsp3) is 0.100. The Morgan fingerprint density at radius 2 is 1.77 bits per heavy atom. The molecule has 4 rings (SSSR count). The number of rotatable bonds is 7. The summed E-state index contributed by atoms with van der Waals surface area (Å²) in [6.45, 7) is 0.817. The van der Waals surface area contributed by atoms with Crippen molar-refractivity contribution in [2.24, 2.45) is 0 Å². The van der Waals surface area contributed by atoms with Crippen LogP contribution in [0.4, 0.5) is 27.8 Å². The minimum absolute atomic E-state index is 0.317. The lowest BCUT2D eigenvalue weighted by Gasteiger charge is -2.10. The highest BCUT2D eigenvalue weighted by Gasteiger charge is 2.13. The SMILES string of the molecule is O=C(NCCNc1n[nH]c2ncnc(Nc3cccc(Cl)c3)c12)Nc1ccc(Cl)cc1. The number of anilines is 4. The van der Waals surface area contributed by atoms with Crippen molar-refractivity contribution in [3.8, 4) is 0 Å². The zero-order valence-electron chi connectivity index (χ0n) is 16.1. The first-order valence-electron chi connectivity index (χ1n) is 9.34. The second-order valence-corrected chi connectivity index (χ2v) is 7.34. The number of halogens is 2. The smallest absolute Gasteiger partial charge is 0.319 e. The van der Waals surface area contributed by atoms with Gasteiger partial charge in [0.1, 0.15) is 17.5 Å². The van der Waals surface area contributed by atoms with Gasteiger partial charge in [0.25, 0.3) is 0 Å². The van der Waals surface area contributed by atoms with Gasteiger partial charge in [-0.3, -0.25) is 5.10 Å². The number of fused-ring (bicyclic) bond motifs is 1. The number of nitrogens with one attached hydrogen (secondary N) is 5. The maximum absolute atomic E-state index is 12.0. The summed E-state index contributed by atoms with van der Waals surface area (Å²) >= 11 is 11.9. The van der Waals surface area contributed by atoms with Crippen molar-refractivity contribution in [2.45, 2.75) is 0 Å². The molecule has 11 heteroatoms. The number of hydrogen-bond acceptors (Lipinski definition) is 6. The van der Waals surface area contributed by atoms with E-state index in [0.29, 0.717) is 51.5 Å². The number of urea groups is 1. The highest BCUT2D eigenvalue weighted by Crippen LogP contribution is 2.28. The largest absolute Gasteiger partial charge is 0.366 e. The molecule has 2 heterocycles. The van der Waals surface area contributed by atoms with E-state index in [2.05, 4.69) is 41.4 Å². The molecule has 4 aromatic rings. The molecule has 0 fully saturated rings. The number of amides is 2. The van der Waals surface area contributed by atoms with Gasteiger partial charge in [0.15, 0.2) is 11.5 Å². The summed E-state index contributed by atoms with van der Waals surface area (Å²) in [5.74, 6) is 1.15. The Morgan fingerprint density at radius 1 is 0.935 bits per heavy atom. The first-order chi connectivity index (χ1) is 15.1. The average Bonchev–Trinajstić information content (AvgIpc) is 3.17. The second kappa shape index (κ2) is 9.50. The van der Waals surface area contributed by atoms with Crippen LogP contribution in [0.25, 0.3) is 11.0 Å². The predicted octanol–water partition coefficient (Wildman–Crippen LogP) is 4.64. The van der Waals surface area contributed by atoms with Gasteiger partial charge in [0.05, 0.1) is 0 Å². The Hall–Kier alpha value is -3.56. The van der Waals surface area contributed by atoms with Crippen LogP contribution >= 0.6 is 23.2 Å². The molecule has 0 aliphatic rings. The van der Waals surface area contributed by atoms with E-state index >= 15 is 0 Å². The van der Waals surface area contributed by atoms with Gasteiger partial charge in [-0.2, -0.15) is 5.10 Å². The van der Waals surface area contributed by atoms with Gasteiger partial charge in [-0.1, -0.05) is 29.3 Å². The molecule has 5 N–H and O–H groups in total. The molecule has 0 atom stereocenters. The highest BCUT2D eigenvalue weighted by molar-refractivity contribution is 6.31. The van der Waals surface area contributed by atoms with E-state index in [1.165, 1.54) is 6.33 Å². The summed E-state index contributed by atoms with van der Waals surface area (Å²) < 4.78 is 0. The monoisotopic (exact) mass is 456 g/mol. The summed E-state index contributed by atoms with van der Waals surface area (Å²) in [5, 5.41) is 21.0. The number of H-pyrrole nitrogens is 1. The van der Waals surface area contributed by atoms with Crippen LogP contribution in [0.2, 0.25) is 10.0 Å². The van der Waals surface area contributed by atoms with Gasteiger partial charge in [-0.05, 0) is 42.5 Å². The molecular weight excluding hydrogens is 439 g/mol. The summed E-state index contributed by atoms with van der Waals surface area (Å²) in [7, 11) is 0. The zero-order chi connectivity index (χ0) is 21.6. The number of aromatic nitrogens is 4. The molecule has 0 aliphatic carbocycles. The van der Waals surface area contributed by atoms with Crippen molar-refractivity contribution in [1.29, 1.82) is 0 Å². The van der Waals surface area contributed by atoms with E-state index in [0.717, 1.165) is 5.69 Å². The number of carbonyl (C=O) groups is 1. The lowest BCUT2D eigenvalue weighted by atomic mass is 10.3. The van der Waals surface area contributed by atoms with Crippen molar-refractivity contribution >= 4 is 63.3 Å². The molecule has 0 spiro atoms. The molecule has 0 saturated carbocycles. The molecule has 0 aliphatic heterocycles. The van der Waals surface area contributed by atoms with E-state index < -0.39 is 0 Å². The first-order valence-corrected chi connectivity index (χ1v) is 10.1. The molecular formula is C20H18Cl2N8O. The maximum Gasteiger partial charge on any atom is 0.319 e. The maximum atomic E-state index is 12.0. The zero-order valence-corrected chi connectivity index (χ0v) is 17.6. The van der Waals surface area contributed by atoms with Crippen LogP contribution in [0, 0.1) is 0 Å². The van der Waals surface area contributed by atoms with Gasteiger partial charge in [0.2, 0.25) is 0 Å². The lowest BCUT2D eigenvalue weighted by molar-refractivity contribution is 0.252. The number of carbonyl (C=O) groups excluding carboxylic acids is 1. The first kappa shape index (κ1) is 20.7. The van der Waals surface area contributed by atoms with Crippen molar-refractivity contribution in [3.63, 3.8) is 0 Å². The van der Waals surface area contributed by atoms with Crippen molar-refractivity contribution < 1.29 is 4.79 Å². The fourth-order valence-corrected chi connectivity index (χ4v) is 3.17. The summed E-state index contributed by atoms with van der Waals surface area (Å²) in [4.78, 5) is 20.5. The third-order valence-electron chi connectivity index (χ3n) is 4.25. The highest BCUT2D eigenvalue weighted by atomic mass is 35.5. The number of hydrogen-bond donors (Lipinski definition) is 5. The Bertz CT molecular complexity index is 1200. The molecule has 0 radical (unpaired) electrons. The summed E-state index contributed by atoms with van der Waals surface area (Å²) in [6, 6.07) is 13.9. The van der Waals surface area contributed by atoms with Gasteiger partial charge < -0.3 is 21.3 Å². The normalized spacial score (nSPS) is 10.6. The minimum atomic E-state index is -0.317. The van der Waals surface area contributed by atoms with Crippen molar-refractivity contribution in [3.05, 3.63) is 64.9 Å². The summed E-state index contributed by atoms with van der Waals surface area (Å²) in [6.07, 6.45) is 1.44. The van der Waals surface area contributed by atoms with E-state index in [-0.39, 0.29) is 6.03 Å². The molecule has 0 unspecified atom stereocenters. The molecule has 31 heavy (non-hydrogen) atoms. The molecule has 2 amide bonds. The average molecular weight is 457 g/mol. The number of aromatic amines is 1. The Balaban J connectivity index is 1.36. The molecule has 9 nitrogen and oxygen atoms in total. The summed E-state index contributed by atoms with van der Waals surface area (Å²) in [5.41, 5.74) is 2.03. The van der Waals surface area contributed by atoms with Crippen LogP contribution in [0.15, 0.2) is 54.9 Å². The van der Waals surface area contributed by atoms with Crippen LogP contribution < -0.4 is 21.3 Å². The van der Waals surface area contributed by atoms with E-state index in [9.17, 15) is 4.79 Å². The van der Waals surface area contributed by atoms with Gasteiger partial charge in [-0.25, -0.2) is 14.8 Å². The molecule has 2 aromatic carbocycles. The van der Waals surface area contributed by atoms with Crippen LogP contribution in [0.5, 0.6) is 0 Å². The third-order valence-corrected chi connectivity index (χ3v) is 4.74. The Labute approximate surface area is 187 Å². The second-order valence-electron chi connectivity index (χ2n) is 6.47. The Morgan fingerprint density at radius 3 is 2.58 bits per heavy atom. The van der Waals surface area contributed by atoms with Gasteiger partial charge >= 0.3 is 6.03 Å².